The van der Waals surface area contributed by atoms with Gasteiger partial charge in [0.05, 0.1) is 5.69 Å². The number of rotatable bonds is 0. The molecule has 0 aliphatic heterocycles. The van der Waals surface area contributed by atoms with Gasteiger partial charge in [-0.15, -0.1) is 0 Å². The van der Waals surface area contributed by atoms with E-state index in [9.17, 15) is 0 Å². The Balaban J connectivity index is 2.89. The zero-order valence-corrected chi connectivity index (χ0v) is 7.07. The molecule has 0 radical (unpaired) electrons. The highest BCUT2D eigenvalue weighted by Gasteiger charge is 2.04. The summed E-state index contributed by atoms with van der Waals surface area (Å²) >= 11 is 0. The maximum Gasteiger partial charge on any atom is 0.178 e. The molecule has 0 spiro atoms. The molecule has 62 valence electrons. The first-order chi connectivity index (χ1) is 5.68. The van der Waals surface area contributed by atoms with Crippen LogP contribution in [0.2, 0.25) is 0 Å². The Morgan fingerprint density at radius 3 is 2.92 bits per heavy atom. The van der Waals surface area contributed by atoms with Crippen LogP contribution in [0.5, 0.6) is 0 Å². The van der Waals surface area contributed by atoms with E-state index in [0.29, 0.717) is 5.69 Å². The van der Waals surface area contributed by atoms with Crippen LogP contribution in [-0.2, 0) is 0 Å². The van der Waals surface area contributed by atoms with Gasteiger partial charge in [0, 0.05) is 6.20 Å². The first-order valence-corrected chi connectivity index (χ1v) is 3.76. The lowest BCUT2D eigenvalue weighted by Gasteiger charge is -1.98. The van der Waals surface area contributed by atoms with Crippen LogP contribution in [0.4, 0.5) is 5.69 Å². The van der Waals surface area contributed by atoms with Crippen LogP contribution >= 0.6 is 0 Å². The quantitative estimate of drug-likeness (QED) is 0.627. The number of nitrogens with zero attached hydrogens (tertiary/aromatic N) is 3. The summed E-state index contributed by atoms with van der Waals surface area (Å²) in [5.74, 6) is 0.743. The minimum atomic E-state index is 0.707. The van der Waals surface area contributed by atoms with Crippen LogP contribution in [0.25, 0.3) is 5.65 Å². The van der Waals surface area contributed by atoms with Gasteiger partial charge in [0.15, 0.2) is 5.65 Å². The minimum Gasteiger partial charge on any atom is -0.395 e. The second-order valence-electron chi connectivity index (χ2n) is 2.84. The number of nitrogens with two attached hydrogens (primary N) is 1. The van der Waals surface area contributed by atoms with Crippen LogP contribution in [0.15, 0.2) is 12.3 Å². The van der Waals surface area contributed by atoms with Crippen molar-refractivity contribution in [3.63, 3.8) is 0 Å². The topological polar surface area (TPSA) is 56.2 Å². The van der Waals surface area contributed by atoms with E-state index >= 15 is 0 Å². The third kappa shape index (κ3) is 0.845. The van der Waals surface area contributed by atoms with Gasteiger partial charge in [-0.2, -0.15) is 5.10 Å². The first kappa shape index (κ1) is 7.09. The van der Waals surface area contributed by atoms with Gasteiger partial charge in [-0.25, -0.2) is 9.50 Å². The number of nitrogen functional groups attached to an aromatic ring is 1. The predicted octanol–water partition coefficient (Wildman–Crippen LogP) is 0.928. The van der Waals surface area contributed by atoms with Crippen LogP contribution in [0.3, 0.4) is 0 Å². The van der Waals surface area contributed by atoms with Gasteiger partial charge >= 0.3 is 0 Å². The van der Waals surface area contributed by atoms with Crippen molar-refractivity contribution in [2.45, 2.75) is 13.8 Å². The largest absolute Gasteiger partial charge is 0.395 e. The van der Waals surface area contributed by atoms with E-state index in [0.717, 1.165) is 17.0 Å². The number of fused-ring (bicyclic) bond motifs is 1. The van der Waals surface area contributed by atoms with E-state index in [1.807, 2.05) is 26.1 Å². The average molecular weight is 162 g/mol. The minimum absolute atomic E-state index is 0.707. The zero-order valence-electron chi connectivity index (χ0n) is 7.07. The second kappa shape index (κ2) is 2.20. The first-order valence-electron chi connectivity index (χ1n) is 3.76. The van der Waals surface area contributed by atoms with Gasteiger partial charge in [0.25, 0.3) is 0 Å². The normalized spacial score (nSPS) is 10.8. The van der Waals surface area contributed by atoms with Crippen LogP contribution in [0.1, 0.15) is 11.4 Å². The summed E-state index contributed by atoms with van der Waals surface area (Å²) in [5, 5.41) is 4.14. The molecule has 2 N–H and O–H groups in total. The van der Waals surface area contributed by atoms with Crippen LogP contribution in [0, 0.1) is 13.8 Å². The Kier molecular flexibility index (Phi) is 1.30. The highest BCUT2D eigenvalue weighted by atomic mass is 15.3. The molecule has 0 amide bonds. The smallest absolute Gasteiger partial charge is 0.178 e. The average Bonchev–Trinajstić information content (AvgIpc) is 2.39. The van der Waals surface area contributed by atoms with Crippen molar-refractivity contribution < 1.29 is 0 Å². The molecule has 0 aromatic carbocycles. The van der Waals surface area contributed by atoms with Crippen molar-refractivity contribution in [1.29, 1.82) is 0 Å². The number of anilines is 1. The molecular weight excluding hydrogens is 152 g/mol. The predicted molar refractivity (Wildman–Crippen MR) is 46.9 cm³/mol. The van der Waals surface area contributed by atoms with Gasteiger partial charge in [-0.3, -0.25) is 0 Å². The number of hydrogen-bond acceptors (Lipinski definition) is 3. The molecular formula is C8H10N4. The van der Waals surface area contributed by atoms with E-state index in [-0.39, 0.29) is 0 Å². The van der Waals surface area contributed by atoms with Crippen molar-refractivity contribution >= 4 is 11.3 Å². The van der Waals surface area contributed by atoms with Crippen LogP contribution < -0.4 is 5.73 Å². The van der Waals surface area contributed by atoms with Crippen molar-refractivity contribution in [1.82, 2.24) is 14.6 Å². The van der Waals surface area contributed by atoms with E-state index in [1.165, 1.54) is 0 Å². The Hall–Kier alpha value is -1.58. The lowest BCUT2D eigenvalue weighted by Crippen LogP contribution is -1.96. The molecule has 4 heteroatoms. The van der Waals surface area contributed by atoms with Gasteiger partial charge in [-0.05, 0) is 25.5 Å². The molecule has 0 fully saturated rings. The summed E-state index contributed by atoms with van der Waals surface area (Å²) in [4.78, 5) is 4.20. The van der Waals surface area contributed by atoms with E-state index < -0.39 is 0 Å². The lowest BCUT2D eigenvalue weighted by atomic mass is 10.2. The maximum atomic E-state index is 5.81. The van der Waals surface area contributed by atoms with E-state index in [2.05, 4.69) is 10.1 Å². The van der Waals surface area contributed by atoms with Gasteiger partial charge in [0.2, 0.25) is 0 Å². The highest BCUT2D eigenvalue weighted by molar-refractivity contribution is 5.67. The lowest BCUT2D eigenvalue weighted by molar-refractivity contribution is 0.929. The summed E-state index contributed by atoms with van der Waals surface area (Å²) < 4.78 is 1.69. The summed E-state index contributed by atoms with van der Waals surface area (Å²) in [5.41, 5.74) is 8.29. The van der Waals surface area contributed by atoms with E-state index in [1.54, 1.807) is 4.52 Å². The molecule has 2 aromatic rings. The monoisotopic (exact) mass is 162 g/mol. The van der Waals surface area contributed by atoms with Crippen molar-refractivity contribution in [2.75, 3.05) is 5.73 Å². The molecule has 12 heavy (non-hydrogen) atoms. The highest BCUT2D eigenvalue weighted by Crippen LogP contribution is 2.15. The fourth-order valence-corrected chi connectivity index (χ4v) is 1.17. The number of pyridine rings is 1. The molecule has 0 unspecified atom stereocenters. The SMILES string of the molecule is Cc1nc2c(N)c(C)ccn2n1. The fraction of sp³-hybridized carbons (Fsp3) is 0.250. The Morgan fingerprint density at radius 1 is 1.42 bits per heavy atom. The van der Waals surface area contributed by atoms with E-state index in [4.69, 9.17) is 5.73 Å². The second-order valence-corrected chi connectivity index (χ2v) is 2.84. The molecule has 0 aliphatic carbocycles. The molecule has 0 atom stereocenters. The van der Waals surface area contributed by atoms with Gasteiger partial charge in [-0.1, -0.05) is 0 Å². The summed E-state index contributed by atoms with van der Waals surface area (Å²) in [6, 6.07) is 1.93. The molecule has 2 rings (SSSR count). The fourth-order valence-electron chi connectivity index (χ4n) is 1.17. The van der Waals surface area contributed by atoms with Crippen LogP contribution in [-0.4, -0.2) is 14.6 Å². The molecule has 0 aliphatic rings. The number of aryl methyl sites for hydroxylation is 2. The van der Waals surface area contributed by atoms with Gasteiger partial charge in [0.1, 0.15) is 5.82 Å². The van der Waals surface area contributed by atoms with Crippen molar-refractivity contribution in [2.24, 2.45) is 0 Å². The third-order valence-electron chi connectivity index (χ3n) is 1.87. The summed E-state index contributed by atoms with van der Waals surface area (Å²) in [6.45, 7) is 3.81. The molecule has 2 aromatic heterocycles. The third-order valence-corrected chi connectivity index (χ3v) is 1.87. The zero-order chi connectivity index (χ0) is 8.72. The Bertz CT molecular complexity index is 430. The standard InChI is InChI=1S/C8H10N4/c1-5-3-4-12-8(7(5)9)10-6(2)11-12/h3-4H,9H2,1-2H3. The summed E-state index contributed by atoms with van der Waals surface area (Å²) in [6.07, 6.45) is 1.86. The molecule has 4 nitrogen and oxygen atoms in total. The summed E-state index contributed by atoms with van der Waals surface area (Å²) in [7, 11) is 0. The number of hydrogen-bond donors (Lipinski definition) is 1. The van der Waals surface area contributed by atoms with Crippen molar-refractivity contribution in [3.8, 4) is 0 Å². The Morgan fingerprint density at radius 2 is 2.17 bits per heavy atom. The maximum absolute atomic E-state index is 5.81. The molecule has 0 bridgehead atoms. The molecule has 0 saturated carbocycles. The van der Waals surface area contributed by atoms with Crippen molar-refractivity contribution in [3.05, 3.63) is 23.7 Å². The Labute approximate surface area is 70.0 Å². The molecule has 0 saturated heterocycles. The van der Waals surface area contributed by atoms with Gasteiger partial charge < -0.3 is 5.73 Å². The number of aromatic nitrogens is 3. The molecule has 2 heterocycles.